The topological polar surface area (TPSA) is 38.1 Å². The molecular weight excluding hydrogens is 355 g/mol. The molecule has 0 saturated heterocycles. The lowest BCUT2D eigenvalue weighted by atomic mass is 10.2. The fourth-order valence-corrected chi connectivity index (χ4v) is 2.68. The lowest BCUT2D eigenvalue weighted by Gasteiger charge is -2.03. The van der Waals surface area contributed by atoms with E-state index in [4.69, 9.17) is 27.6 Å². The average molecular weight is 370 g/mol. The summed E-state index contributed by atoms with van der Waals surface area (Å²) < 4.78 is 5.82. The van der Waals surface area contributed by atoms with Crippen molar-refractivity contribution in [1.29, 1.82) is 0 Å². The van der Waals surface area contributed by atoms with Crippen molar-refractivity contribution in [3.8, 4) is 11.3 Å². The Balaban J connectivity index is 0.00000192. The van der Waals surface area contributed by atoms with Crippen molar-refractivity contribution in [1.82, 2.24) is 10.3 Å². The molecule has 6 heteroatoms. The minimum Gasteiger partial charge on any atom is -0.460 e. The van der Waals surface area contributed by atoms with E-state index >= 15 is 0 Å². The molecule has 3 nitrogen and oxygen atoms in total. The Morgan fingerprint density at radius 1 is 1.00 bits per heavy atom. The molecule has 0 fully saturated rings. The van der Waals surface area contributed by atoms with Gasteiger partial charge in [0.05, 0.1) is 6.54 Å². The van der Waals surface area contributed by atoms with Gasteiger partial charge in [-0.1, -0.05) is 29.3 Å². The highest BCUT2D eigenvalue weighted by molar-refractivity contribution is 6.35. The molecule has 120 valence electrons. The predicted octanol–water partition coefficient (Wildman–Crippen LogP) is 5.36. The minimum absolute atomic E-state index is 0. The summed E-state index contributed by atoms with van der Waals surface area (Å²) in [6.45, 7) is 1.38. The zero-order chi connectivity index (χ0) is 15.4. The molecule has 0 unspecified atom stereocenters. The highest BCUT2D eigenvalue weighted by atomic mass is 35.5. The second-order valence-electron chi connectivity index (χ2n) is 4.89. The third kappa shape index (κ3) is 4.98. The number of hydrogen-bond donors (Lipinski definition) is 1. The number of hydrogen-bond acceptors (Lipinski definition) is 3. The number of furan rings is 1. The summed E-state index contributed by atoms with van der Waals surface area (Å²) >= 11 is 12.0. The molecule has 0 saturated carbocycles. The van der Waals surface area contributed by atoms with Crippen LogP contribution < -0.4 is 5.32 Å². The van der Waals surface area contributed by atoms with E-state index in [1.54, 1.807) is 12.3 Å². The Labute approximate surface area is 151 Å². The van der Waals surface area contributed by atoms with Gasteiger partial charge in [0.15, 0.2) is 0 Å². The molecule has 0 bridgehead atoms. The van der Waals surface area contributed by atoms with E-state index in [0.29, 0.717) is 16.6 Å². The van der Waals surface area contributed by atoms with E-state index in [9.17, 15) is 0 Å². The Morgan fingerprint density at radius 3 is 2.48 bits per heavy atom. The summed E-state index contributed by atoms with van der Waals surface area (Å²) in [7, 11) is 0. The Bertz CT molecular complexity index is 739. The molecule has 2 heterocycles. The van der Waals surface area contributed by atoms with Crippen molar-refractivity contribution in [3.63, 3.8) is 0 Å². The molecule has 3 aromatic rings. The summed E-state index contributed by atoms with van der Waals surface area (Å²) in [5.74, 6) is 1.61. The summed E-state index contributed by atoms with van der Waals surface area (Å²) in [5, 5.41) is 4.51. The molecule has 0 amide bonds. The van der Waals surface area contributed by atoms with E-state index in [1.165, 1.54) is 0 Å². The third-order valence-electron chi connectivity index (χ3n) is 3.16. The Kier molecular flexibility index (Phi) is 6.48. The first-order valence-corrected chi connectivity index (χ1v) is 7.61. The molecule has 3 rings (SSSR count). The largest absolute Gasteiger partial charge is 0.460 e. The number of nitrogens with zero attached hydrogens (tertiary/aromatic N) is 1. The first-order valence-electron chi connectivity index (χ1n) is 6.85. The number of aromatic nitrogens is 1. The van der Waals surface area contributed by atoms with Crippen LogP contribution in [-0.4, -0.2) is 4.98 Å². The van der Waals surface area contributed by atoms with Gasteiger partial charge in [0, 0.05) is 34.5 Å². The van der Waals surface area contributed by atoms with Gasteiger partial charge in [-0.2, -0.15) is 0 Å². The van der Waals surface area contributed by atoms with Gasteiger partial charge in [-0.3, -0.25) is 4.98 Å². The molecule has 1 N–H and O–H groups in total. The number of benzene rings is 1. The van der Waals surface area contributed by atoms with Crippen molar-refractivity contribution < 1.29 is 4.42 Å². The van der Waals surface area contributed by atoms with Crippen LogP contribution in [0.15, 0.2) is 59.3 Å². The maximum absolute atomic E-state index is 6.01. The van der Waals surface area contributed by atoms with Gasteiger partial charge < -0.3 is 9.73 Å². The smallest absolute Gasteiger partial charge is 0.134 e. The minimum atomic E-state index is 0. The van der Waals surface area contributed by atoms with Crippen LogP contribution in [0.5, 0.6) is 0 Å². The van der Waals surface area contributed by atoms with Crippen molar-refractivity contribution in [2.45, 2.75) is 13.1 Å². The molecule has 1 aromatic carbocycles. The lowest BCUT2D eigenvalue weighted by Crippen LogP contribution is -2.12. The highest BCUT2D eigenvalue weighted by Crippen LogP contribution is 2.28. The van der Waals surface area contributed by atoms with Crippen LogP contribution >= 0.6 is 35.6 Å². The maximum Gasteiger partial charge on any atom is 0.134 e. The molecular formula is C17H15Cl3N2O. The second kappa shape index (κ2) is 8.37. The fraction of sp³-hybridized carbons (Fsp3) is 0.118. The quantitative estimate of drug-likeness (QED) is 0.658. The van der Waals surface area contributed by atoms with Crippen LogP contribution in [0.25, 0.3) is 11.3 Å². The Hall–Kier alpha value is -1.52. The van der Waals surface area contributed by atoms with Crippen LogP contribution in [0.2, 0.25) is 10.0 Å². The van der Waals surface area contributed by atoms with Gasteiger partial charge in [-0.05, 0) is 42.0 Å². The molecule has 23 heavy (non-hydrogen) atoms. The van der Waals surface area contributed by atoms with Crippen LogP contribution in [0.1, 0.15) is 11.3 Å². The fourth-order valence-electron chi connectivity index (χ4n) is 2.16. The molecule has 0 aliphatic heterocycles. The van der Waals surface area contributed by atoms with E-state index in [0.717, 1.165) is 29.2 Å². The van der Waals surface area contributed by atoms with Gasteiger partial charge in [-0.25, -0.2) is 0 Å². The summed E-state index contributed by atoms with van der Waals surface area (Å²) in [5.41, 5.74) is 2.01. The average Bonchev–Trinajstić information content (AvgIpc) is 2.96. The van der Waals surface area contributed by atoms with Gasteiger partial charge in [-0.15, -0.1) is 12.4 Å². The van der Waals surface area contributed by atoms with Crippen LogP contribution in [0.3, 0.4) is 0 Å². The van der Waals surface area contributed by atoms with E-state index < -0.39 is 0 Å². The normalized spacial score (nSPS) is 10.3. The predicted molar refractivity (Wildman–Crippen MR) is 96.2 cm³/mol. The number of pyridine rings is 1. The standard InChI is InChI=1S/C17H14Cl2N2O.ClH/c18-14-6-13(7-15(19)8-14)17-4-3-16(22-17)11-21-10-12-2-1-5-20-9-12;/h1-9,21H,10-11H2;1H. The molecule has 0 aliphatic carbocycles. The Morgan fingerprint density at radius 2 is 1.78 bits per heavy atom. The summed E-state index contributed by atoms with van der Waals surface area (Å²) in [6, 6.07) is 13.2. The van der Waals surface area contributed by atoms with Crippen LogP contribution in [0, 0.1) is 0 Å². The number of nitrogens with one attached hydrogen (secondary N) is 1. The van der Waals surface area contributed by atoms with E-state index in [1.807, 2.05) is 42.6 Å². The number of halogens is 3. The van der Waals surface area contributed by atoms with Gasteiger partial charge in [0.25, 0.3) is 0 Å². The molecule has 2 aromatic heterocycles. The first kappa shape index (κ1) is 17.8. The summed E-state index contributed by atoms with van der Waals surface area (Å²) in [6.07, 6.45) is 3.60. The zero-order valence-electron chi connectivity index (χ0n) is 12.1. The maximum atomic E-state index is 6.01. The van der Waals surface area contributed by atoms with E-state index in [-0.39, 0.29) is 12.4 Å². The van der Waals surface area contributed by atoms with Crippen molar-refractivity contribution in [2.75, 3.05) is 0 Å². The van der Waals surface area contributed by atoms with Crippen LogP contribution in [-0.2, 0) is 13.1 Å². The summed E-state index contributed by atoms with van der Waals surface area (Å²) in [4.78, 5) is 4.08. The molecule has 0 atom stereocenters. The lowest BCUT2D eigenvalue weighted by molar-refractivity contribution is 0.493. The van der Waals surface area contributed by atoms with E-state index in [2.05, 4.69) is 10.3 Å². The van der Waals surface area contributed by atoms with Gasteiger partial charge in [0.1, 0.15) is 11.5 Å². The van der Waals surface area contributed by atoms with Crippen LogP contribution in [0.4, 0.5) is 0 Å². The molecule has 0 aliphatic rings. The second-order valence-corrected chi connectivity index (χ2v) is 5.76. The van der Waals surface area contributed by atoms with Gasteiger partial charge >= 0.3 is 0 Å². The highest BCUT2D eigenvalue weighted by Gasteiger charge is 2.07. The van der Waals surface area contributed by atoms with Crippen molar-refractivity contribution in [2.24, 2.45) is 0 Å². The monoisotopic (exact) mass is 368 g/mol. The first-order chi connectivity index (χ1) is 10.7. The van der Waals surface area contributed by atoms with Crippen molar-refractivity contribution >= 4 is 35.6 Å². The third-order valence-corrected chi connectivity index (χ3v) is 3.60. The number of rotatable bonds is 5. The SMILES string of the molecule is Cl.Clc1cc(Cl)cc(-c2ccc(CNCc3cccnc3)o2)c1. The molecule has 0 radical (unpaired) electrons. The molecule has 0 spiro atoms. The van der Waals surface area contributed by atoms with Crippen molar-refractivity contribution in [3.05, 3.63) is 76.2 Å². The van der Waals surface area contributed by atoms with Gasteiger partial charge in [0.2, 0.25) is 0 Å². The zero-order valence-corrected chi connectivity index (χ0v) is 14.5.